The number of aryl methyl sites for hydroxylation is 1. The molecule has 1 N–H and O–H groups in total. The molecule has 0 unspecified atom stereocenters. The van der Waals surface area contributed by atoms with Crippen molar-refractivity contribution in [2.24, 2.45) is 0 Å². The summed E-state index contributed by atoms with van der Waals surface area (Å²) in [7, 11) is 6.52. The molecule has 0 aliphatic rings. The number of nitrogens with one attached hydrogen (secondary N) is 1. The van der Waals surface area contributed by atoms with Crippen LogP contribution in [0.2, 0.25) is 0 Å². The van der Waals surface area contributed by atoms with Gasteiger partial charge in [-0.2, -0.15) is 5.10 Å². The third kappa shape index (κ3) is 4.77. The number of aromatic amines is 1. The molecule has 0 atom stereocenters. The van der Waals surface area contributed by atoms with Crippen molar-refractivity contribution in [3.8, 4) is 33.9 Å². The molecule has 6 aromatic rings. The van der Waals surface area contributed by atoms with Gasteiger partial charge >= 0.3 is 0 Å². The maximum absolute atomic E-state index is 6.52. The van der Waals surface area contributed by atoms with Crippen molar-refractivity contribution in [2.45, 2.75) is 20.0 Å². The summed E-state index contributed by atoms with van der Waals surface area (Å²) >= 11 is 0. The van der Waals surface area contributed by atoms with Gasteiger partial charge in [0.25, 0.3) is 0 Å². The van der Waals surface area contributed by atoms with E-state index in [-0.39, 0.29) is 0 Å². The second-order valence-corrected chi connectivity index (χ2v) is 8.83. The Morgan fingerprint density at radius 3 is 2.59 bits per heavy atom. The number of fused-ring (bicyclic) bond motifs is 1. The van der Waals surface area contributed by atoms with Crippen molar-refractivity contribution < 1.29 is 0 Å². The third-order valence-electron chi connectivity index (χ3n) is 6.13. The molecule has 0 spiro atoms. The Labute approximate surface area is 215 Å². The smallest absolute Gasteiger partial charge is 0.183 e. The Morgan fingerprint density at radius 1 is 0.865 bits per heavy atom. The molecular formula is C28H23BN8. The zero-order valence-corrected chi connectivity index (χ0v) is 20.3. The van der Waals surface area contributed by atoms with Crippen LogP contribution in [0.25, 0.3) is 39.5 Å². The van der Waals surface area contributed by atoms with E-state index in [0.29, 0.717) is 13.1 Å². The van der Waals surface area contributed by atoms with Gasteiger partial charge in [0.05, 0.1) is 22.8 Å². The van der Waals surface area contributed by atoms with E-state index in [4.69, 9.17) is 17.9 Å². The molecule has 9 heteroatoms. The lowest BCUT2D eigenvalue weighted by atomic mass is 10.0. The number of benzene rings is 1. The number of aromatic nitrogens is 7. The van der Waals surface area contributed by atoms with Gasteiger partial charge < -0.3 is 9.79 Å². The van der Waals surface area contributed by atoms with E-state index in [1.54, 1.807) is 15.5 Å². The van der Waals surface area contributed by atoms with E-state index in [0.717, 1.165) is 56.6 Å². The lowest BCUT2D eigenvalue weighted by Crippen LogP contribution is -2.20. The van der Waals surface area contributed by atoms with Gasteiger partial charge in [0, 0.05) is 42.3 Å². The van der Waals surface area contributed by atoms with E-state index in [1.807, 2.05) is 73.8 Å². The summed E-state index contributed by atoms with van der Waals surface area (Å²) in [6.07, 6.45) is 5.26. The van der Waals surface area contributed by atoms with Crippen LogP contribution in [0.4, 0.5) is 0 Å². The first-order valence-corrected chi connectivity index (χ1v) is 12.0. The monoisotopic (exact) mass is 482 g/mol. The molecule has 0 aliphatic heterocycles. The van der Waals surface area contributed by atoms with Crippen LogP contribution in [-0.2, 0) is 13.1 Å². The second-order valence-electron chi connectivity index (χ2n) is 8.83. The largest absolute Gasteiger partial charge is 0.344 e. The molecule has 0 amide bonds. The molecule has 5 heterocycles. The molecule has 8 nitrogen and oxygen atoms in total. The Balaban J connectivity index is 1.33. The van der Waals surface area contributed by atoms with Crippen LogP contribution >= 0.6 is 0 Å². The Kier molecular flexibility index (Phi) is 6.04. The van der Waals surface area contributed by atoms with Crippen LogP contribution in [-0.4, -0.2) is 47.3 Å². The highest BCUT2D eigenvalue weighted by molar-refractivity contribution is 6.04. The van der Waals surface area contributed by atoms with Crippen molar-refractivity contribution in [3.05, 3.63) is 109 Å². The van der Waals surface area contributed by atoms with E-state index >= 15 is 0 Å². The Hall–Kier alpha value is -4.63. The fourth-order valence-corrected chi connectivity index (χ4v) is 4.43. The number of nitrogens with zero attached hydrogens (tertiary/aromatic N) is 7. The predicted octanol–water partition coefficient (Wildman–Crippen LogP) is 4.64. The highest BCUT2D eigenvalue weighted by Crippen LogP contribution is 2.30. The number of rotatable bonds is 7. The first-order chi connectivity index (χ1) is 18.1. The highest BCUT2D eigenvalue weighted by atomic mass is 15.3. The summed E-state index contributed by atoms with van der Waals surface area (Å²) in [5, 5.41) is 4.28. The first-order valence-electron chi connectivity index (χ1n) is 12.0. The molecule has 2 radical (unpaired) electrons. The van der Waals surface area contributed by atoms with E-state index < -0.39 is 0 Å². The minimum Gasteiger partial charge on any atom is -0.344 e. The van der Waals surface area contributed by atoms with E-state index in [2.05, 4.69) is 32.2 Å². The normalized spacial score (nSPS) is 11.4. The van der Waals surface area contributed by atoms with E-state index in [9.17, 15) is 0 Å². The van der Waals surface area contributed by atoms with Crippen LogP contribution in [0.1, 0.15) is 17.1 Å². The molecule has 0 fully saturated rings. The fraction of sp³-hybridized carbons (Fsp3) is 0.107. The number of pyridine rings is 3. The Morgan fingerprint density at radius 2 is 1.73 bits per heavy atom. The average molecular weight is 482 g/mol. The molecule has 0 aliphatic carbocycles. The number of hydrogen-bond acceptors (Lipinski definition) is 6. The lowest BCUT2D eigenvalue weighted by molar-refractivity contribution is 0.433. The van der Waals surface area contributed by atoms with Crippen molar-refractivity contribution in [3.63, 3.8) is 0 Å². The molecule has 37 heavy (non-hydrogen) atoms. The van der Waals surface area contributed by atoms with Crippen molar-refractivity contribution >= 4 is 13.6 Å². The van der Waals surface area contributed by atoms with Crippen molar-refractivity contribution in [2.75, 3.05) is 0 Å². The molecule has 0 bridgehead atoms. The number of imidazole rings is 1. The zero-order valence-electron chi connectivity index (χ0n) is 20.3. The van der Waals surface area contributed by atoms with Crippen LogP contribution in [0.3, 0.4) is 0 Å². The maximum Gasteiger partial charge on any atom is 0.183 e. The summed E-state index contributed by atoms with van der Waals surface area (Å²) in [5.74, 6) is 0.741. The summed E-state index contributed by atoms with van der Waals surface area (Å²) in [6, 6.07) is 23.9. The molecule has 1 aromatic carbocycles. The average Bonchev–Trinajstić information content (AvgIpc) is 3.56. The van der Waals surface area contributed by atoms with Gasteiger partial charge in [0.1, 0.15) is 12.2 Å². The van der Waals surface area contributed by atoms with Crippen molar-refractivity contribution in [1.29, 1.82) is 0 Å². The molecule has 0 saturated heterocycles. The lowest BCUT2D eigenvalue weighted by Gasteiger charge is -2.18. The number of H-pyrrole nitrogens is 1. The SMILES string of the molecule is [B]N(Cc1nc(-c2ccc3ncnn3c2)c(-c2cccc(C)n2)[nH]1)Cc1ccccc1-c1ccccn1. The van der Waals surface area contributed by atoms with Gasteiger partial charge in [-0.3, -0.25) is 9.97 Å². The van der Waals surface area contributed by atoms with Gasteiger partial charge in [-0.1, -0.05) is 36.4 Å². The van der Waals surface area contributed by atoms with Crippen LogP contribution in [0.5, 0.6) is 0 Å². The van der Waals surface area contributed by atoms with Gasteiger partial charge in [-0.05, 0) is 48.9 Å². The molecule has 178 valence electrons. The molecule has 5 aromatic heterocycles. The summed E-state index contributed by atoms with van der Waals surface area (Å²) in [5.41, 5.74) is 8.11. The zero-order chi connectivity index (χ0) is 25.2. The summed E-state index contributed by atoms with van der Waals surface area (Å²) in [4.78, 5) is 23.7. The highest BCUT2D eigenvalue weighted by Gasteiger charge is 2.18. The van der Waals surface area contributed by atoms with E-state index in [1.165, 1.54) is 6.33 Å². The first kappa shape index (κ1) is 22.8. The quantitative estimate of drug-likeness (QED) is 0.334. The van der Waals surface area contributed by atoms with Crippen molar-refractivity contribution in [1.82, 2.24) is 39.3 Å². The van der Waals surface area contributed by atoms with Gasteiger partial charge in [-0.25, -0.2) is 14.5 Å². The maximum atomic E-state index is 6.52. The summed E-state index contributed by atoms with van der Waals surface area (Å²) < 4.78 is 1.74. The van der Waals surface area contributed by atoms with Gasteiger partial charge in [-0.15, -0.1) is 0 Å². The number of hydrogen-bond donors (Lipinski definition) is 1. The van der Waals surface area contributed by atoms with Crippen LogP contribution < -0.4 is 0 Å². The van der Waals surface area contributed by atoms with Crippen LogP contribution in [0.15, 0.2) is 91.5 Å². The molecular weight excluding hydrogens is 459 g/mol. The minimum atomic E-state index is 0.418. The predicted molar refractivity (Wildman–Crippen MR) is 143 cm³/mol. The summed E-state index contributed by atoms with van der Waals surface area (Å²) in [6.45, 7) is 2.93. The van der Waals surface area contributed by atoms with Crippen LogP contribution in [0, 0.1) is 6.92 Å². The second kappa shape index (κ2) is 9.79. The Bertz CT molecular complexity index is 1670. The third-order valence-corrected chi connectivity index (χ3v) is 6.13. The molecule has 0 saturated carbocycles. The fourth-order valence-electron chi connectivity index (χ4n) is 4.43. The van der Waals surface area contributed by atoms with Gasteiger partial charge in [0.2, 0.25) is 0 Å². The minimum absolute atomic E-state index is 0.418. The molecule has 6 rings (SSSR count). The van der Waals surface area contributed by atoms with Gasteiger partial charge in [0.15, 0.2) is 13.6 Å². The standard InChI is InChI=1S/C28H23BN8/c1-19-7-6-11-24(33-19)28-27(21-12-13-26-31-18-32-37(26)16-21)34-25(35-28)17-36(29)15-20-8-2-3-9-22(20)23-10-4-5-14-30-23/h2-14,16,18H,15,17H2,1H3,(H,34,35). The topological polar surface area (TPSA) is 87.9 Å².